The van der Waals surface area contributed by atoms with Gasteiger partial charge in [-0.15, -0.1) is 0 Å². The van der Waals surface area contributed by atoms with Crippen LogP contribution >= 0.6 is 33.9 Å². The number of unbranched alkanes of at least 4 members (excludes halogenated alkanes) is 1. The van der Waals surface area contributed by atoms with Crippen molar-refractivity contribution < 1.29 is 13.2 Å². The molecule has 0 saturated heterocycles. The molecule has 0 bridgehead atoms. The highest BCUT2D eigenvalue weighted by atomic mass is 35.7. The summed E-state index contributed by atoms with van der Waals surface area (Å²) in [5, 5.41) is 0.866. The molecule has 0 heterocycles. The Morgan fingerprint density at radius 1 is 1.12 bits per heavy atom. The Balaban J connectivity index is 2.37. The zero-order valence-electron chi connectivity index (χ0n) is 8.83. The van der Waals surface area contributed by atoms with E-state index in [2.05, 4.69) is 0 Å². The van der Waals surface area contributed by atoms with Crippen molar-refractivity contribution in [1.82, 2.24) is 0 Å². The van der Waals surface area contributed by atoms with Crippen LogP contribution in [-0.2, 0) is 9.05 Å². The molecule has 1 aromatic carbocycles. The first kappa shape index (κ1) is 14.9. The first-order chi connectivity index (χ1) is 7.90. The molecule has 0 atom stereocenters. The molecule has 0 amide bonds. The lowest BCUT2D eigenvalue weighted by atomic mass is 10.3. The van der Waals surface area contributed by atoms with Crippen LogP contribution < -0.4 is 4.74 Å². The van der Waals surface area contributed by atoms with Crippen LogP contribution in [0, 0.1) is 0 Å². The predicted molar refractivity (Wildman–Crippen MR) is 70.8 cm³/mol. The third-order valence-corrected chi connectivity index (χ3v) is 3.78. The SMILES string of the molecule is O=S(=O)(Cl)CCCCOc1c(Cl)cccc1Cl. The molecule has 3 nitrogen and oxygen atoms in total. The van der Waals surface area contributed by atoms with E-state index in [1.807, 2.05) is 0 Å². The van der Waals surface area contributed by atoms with E-state index in [1.165, 1.54) is 0 Å². The van der Waals surface area contributed by atoms with E-state index in [0.29, 0.717) is 35.2 Å². The maximum Gasteiger partial charge on any atom is 0.232 e. The molecule has 17 heavy (non-hydrogen) atoms. The van der Waals surface area contributed by atoms with Gasteiger partial charge in [-0.25, -0.2) is 8.42 Å². The highest BCUT2D eigenvalue weighted by molar-refractivity contribution is 8.13. The number of rotatable bonds is 6. The number of benzene rings is 1. The van der Waals surface area contributed by atoms with Gasteiger partial charge >= 0.3 is 0 Å². The van der Waals surface area contributed by atoms with Gasteiger partial charge in [0, 0.05) is 10.7 Å². The smallest absolute Gasteiger partial charge is 0.232 e. The fourth-order valence-electron chi connectivity index (χ4n) is 1.17. The van der Waals surface area contributed by atoms with Gasteiger partial charge in [-0.1, -0.05) is 29.3 Å². The summed E-state index contributed by atoms with van der Waals surface area (Å²) in [6.45, 7) is 0.343. The maximum atomic E-state index is 10.7. The molecule has 0 saturated carbocycles. The summed E-state index contributed by atoms with van der Waals surface area (Å²) < 4.78 is 26.7. The molecule has 7 heteroatoms. The molecule has 0 radical (unpaired) electrons. The quantitative estimate of drug-likeness (QED) is 0.593. The number of ether oxygens (including phenoxy) is 1. The van der Waals surface area contributed by atoms with E-state index in [1.54, 1.807) is 18.2 Å². The van der Waals surface area contributed by atoms with Gasteiger partial charge in [0.2, 0.25) is 9.05 Å². The standard InChI is InChI=1S/C10H11Cl3O3S/c11-8-4-3-5-9(12)10(8)16-6-1-2-7-17(13,14)15/h3-5H,1-2,6-7H2. The largest absolute Gasteiger partial charge is 0.490 e. The first-order valence-corrected chi connectivity index (χ1v) is 8.13. The van der Waals surface area contributed by atoms with Crippen LogP contribution in [-0.4, -0.2) is 20.8 Å². The van der Waals surface area contributed by atoms with Crippen molar-refractivity contribution >= 4 is 42.9 Å². The molecule has 0 unspecified atom stereocenters. The molecule has 1 aromatic rings. The van der Waals surface area contributed by atoms with Crippen molar-refractivity contribution in [2.24, 2.45) is 0 Å². The van der Waals surface area contributed by atoms with Gasteiger partial charge in [0.15, 0.2) is 5.75 Å². The lowest BCUT2D eigenvalue weighted by molar-refractivity contribution is 0.310. The van der Waals surface area contributed by atoms with Crippen molar-refractivity contribution in [3.8, 4) is 5.75 Å². The average molecular weight is 318 g/mol. The van der Waals surface area contributed by atoms with Gasteiger partial charge in [-0.2, -0.15) is 0 Å². The van der Waals surface area contributed by atoms with E-state index in [0.717, 1.165) is 0 Å². The van der Waals surface area contributed by atoms with Crippen molar-refractivity contribution in [3.05, 3.63) is 28.2 Å². The molecule has 0 aliphatic rings. The van der Waals surface area contributed by atoms with Crippen molar-refractivity contribution in [2.75, 3.05) is 12.4 Å². The second-order valence-corrected chi connectivity index (χ2v) is 7.06. The highest BCUT2D eigenvalue weighted by Crippen LogP contribution is 2.32. The number of halogens is 3. The van der Waals surface area contributed by atoms with E-state index < -0.39 is 9.05 Å². The van der Waals surface area contributed by atoms with Gasteiger partial charge in [0.25, 0.3) is 0 Å². The second kappa shape index (κ2) is 6.69. The van der Waals surface area contributed by atoms with Crippen LogP contribution in [0.25, 0.3) is 0 Å². The highest BCUT2D eigenvalue weighted by Gasteiger charge is 2.07. The van der Waals surface area contributed by atoms with Gasteiger partial charge in [0.05, 0.1) is 22.4 Å². The molecule has 0 aliphatic carbocycles. The summed E-state index contributed by atoms with van der Waals surface area (Å²) in [6.07, 6.45) is 1.00. The molecule has 96 valence electrons. The Kier molecular flexibility index (Phi) is 5.86. The Morgan fingerprint density at radius 3 is 2.24 bits per heavy atom. The average Bonchev–Trinajstić information content (AvgIpc) is 2.20. The molecule has 0 fully saturated rings. The Morgan fingerprint density at radius 2 is 1.71 bits per heavy atom. The minimum Gasteiger partial charge on any atom is -0.490 e. The van der Waals surface area contributed by atoms with Crippen molar-refractivity contribution in [1.29, 1.82) is 0 Å². The molecule has 0 aromatic heterocycles. The Bertz CT molecular complexity index is 453. The lowest BCUT2D eigenvalue weighted by Gasteiger charge is -2.09. The monoisotopic (exact) mass is 316 g/mol. The minimum atomic E-state index is -3.42. The molecule has 0 spiro atoms. The summed E-state index contributed by atoms with van der Waals surface area (Å²) in [7, 11) is 1.65. The van der Waals surface area contributed by atoms with Crippen LogP contribution in [0.2, 0.25) is 10.0 Å². The summed E-state index contributed by atoms with van der Waals surface area (Å²) in [4.78, 5) is 0. The minimum absolute atomic E-state index is 0.0613. The van der Waals surface area contributed by atoms with Gasteiger partial charge < -0.3 is 4.74 Å². The normalized spacial score (nSPS) is 11.5. The number of para-hydroxylation sites is 1. The van der Waals surface area contributed by atoms with Gasteiger partial charge in [-0.3, -0.25) is 0 Å². The van der Waals surface area contributed by atoms with E-state index >= 15 is 0 Å². The number of hydrogen-bond acceptors (Lipinski definition) is 3. The van der Waals surface area contributed by atoms with E-state index in [-0.39, 0.29) is 5.75 Å². The van der Waals surface area contributed by atoms with E-state index in [4.69, 9.17) is 38.6 Å². The van der Waals surface area contributed by atoms with Crippen LogP contribution in [0.3, 0.4) is 0 Å². The third-order valence-electron chi connectivity index (χ3n) is 1.95. The number of hydrogen-bond donors (Lipinski definition) is 0. The third kappa shape index (κ3) is 5.82. The van der Waals surface area contributed by atoms with Crippen LogP contribution in [0.15, 0.2) is 18.2 Å². The molecular formula is C10H11Cl3O3S. The van der Waals surface area contributed by atoms with Crippen molar-refractivity contribution in [2.45, 2.75) is 12.8 Å². The summed E-state index contributed by atoms with van der Waals surface area (Å²) in [5.74, 6) is 0.360. The molecule has 0 aliphatic heterocycles. The Labute approximate surface area is 115 Å². The molecule has 1 rings (SSSR count). The fourth-order valence-corrected chi connectivity index (χ4v) is 2.55. The summed E-state index contributed by atoms with van der Waals surface area (Å²) >= 11 is 11.8. The predicted octanol–water partition coefficient (Wildman–Crippen LogP) is 3.72. The first-order valence-electron chi connectivity index (χ1n) is 4.89. The summed E-state index contributed by atoms with van der Waals surface area (Å²) in [5.41, 5.74) is 0. The molecule has 0 N–H and O–H groups in total. The van der Waals surface area contributed by atoms with Crippen LogP contribution in [0.5, 0.6) is 5.75 Å². The van der Waals surface area contributed by atoms with E-state index in [9.17, 15) is 8.42 Å². The fraction of sp³-hybridized carbons (Fsp3) is 0.400. The van der Waals surface area contributed by atoms with Crippen LogP contribution in [0.4, 0.5) is 0 Å². The van der Waals surface area contributed by atoms with Crippen LogP contribution in [0.1, 0.15) is 12.8 Å². The molecular weight excluding hydrogens is 307 g/mol. The summed E-state index contributed by atoms with van der Waals surface area (Å²) in [6, 6.07) is 5.07. The zero-order valence-corrected chi connectivity index (χ0v) is 11.9. The lowest BCUT2D eigenvalue weighted by Crippen LogP contribution is -2.02. The second-order valence-electron chi connectivity index (χ2n) is 3.35. The maximum absolute atomic E-state index is 10.7. The Hall–Kier alpha value is -0.160. The van der Waals surface area contributed by atoms with Gasteiger partial charge in [0.1, 0.15) is 0 Å². The van der Waals surface area contributed by atoms with Crippen molar-refractivity contribution in [3.63, 3.8) is 0 Å². The topological polar surface area (TPSA) is 43.4 Å². The van der Waals surface area contributed by atoms with Gasteiger partial charge in [-0.05, 0) is 25.0 Å². The zero-order chi connectivity index (χ0) is 12.9.